The zero-order valence-corrected chi connectivity index (χ0v) is 25.5. The summed E-state index contributed by atoms with van der Waals surface area (Å²) in [5.74, 6) is 2.21. The minimum absolute atomic E-state index is 0.00609. The summed E-state index contributed by atoms with van der Waals surface area (Å²) in [7, 11) is 0. The Hall–Kier alpha value is -4.00. The summed E-state index contributed by atoms with van der Waals surface area (Å²) in [4.78, 5) is 11.4. The molecule has 234 valence electrons. The number of anilines is 1. The number of aromatic hydroxyl groups is 1. The molecule has 7 nitrogen and oxygen atoms in total. The maximum atomic E-state index is 16.8. The lowest BCUT2D eigenvalue weighted by Crippen LogP contribution is -2.46. The van der Waals surface area contributed by atoms with E-state index in [1.54, 1.807) is 19.1 Å². The quantitative estimate of drug-likeness (QED) is 0.211. The zero-order valence-electron chi connectivity index (χ0n) is 25.5. The fraction of sp³-hybridized carbons (Fsp3) is 0.444. The van der Waals surface area contributed by atoms with E-state index < -0.39 is 17.2 Å². The number of piperidine rings is 2. The molecular weight excluding hydrogens is 574 g/mol. The minimum atomic E-state index is -0.919. The molecule has 3 heterocycles. The Morgan fingerprint density at radius 1 is 1.09 bits per heavy atom. The van der Waals surface area contributed by atoms with Crippen LogP contribution < -0.4 is 15.0 Å². The predicted octanol–water partition coefficient (Wildman–Crippen LogP) is 6.32. The first kappa shape index (κ1) is 29.7. The van der Waals surface area contributed by atoms with Crippen molar-refractivity contribution < 1.29 is 23.7 Å². The number of fused-ring (bicyclic) bond motifs is 2. The number of nitrogens with one attached hydrogen (secondary N) is 1. The highest BCUT2D eigenvalue weighted by Gasteiger charge is 2.45. The standard InChI is InChI=1S/C36H38F2N4O3/c1-3-25-29(37)8-5-23-17-24(43)18-28(30(23)25)26-6-7-27-32(31(26)38)40-34(41-33(27)42-16-4-11-35(2,44)20-42)45-21-36(12-13-36)19-22-9-14-39-15-10-22/h1,5-8,17-18,22,39,43-44H,4,9-16,19-21H2,2H3. The van der Waals surface area contributed by atoms with Crippen molar-refractivity contribution in [2.24, 2.45) is 11.3 Å². The maximum Gasteiger partial charge on any atom is 0.319 e. The Morgan fingerprint density at radius 3 is 2.62 bits per heavy atom. The lowest BCUT2D eigenvalue weighted by Gasteiger charge is -2.38. The van der Waals surface area contributed by atoms with Gasteiger partial charge in [-0.05, 0) is 106 Å². The molecule has 1 unspecified atom stereocenters. The molecule has 7 rings (SSSR count). The average molecular weight is 613 g/mol. The Balaban J connectivity index is 1.33. The van der Waals surface area contributed by atoms with E-state index in [-0.39, 0.29) is 39.4 Å². The smallest absolute Gasteiger partial charge is 0.319 e. The van der Waals surface area contributed by atoms with Gasteiger partial charge in [-0.1, -0.05) is 18.1 Å². The third-order valence-corrected chi connectivity index (χ3v) is 9.87. The molecule has 1 aliphatic carbocycles. The normalized spacial score (nSPS) is 21.6. The van der Waals surface area contributed by atoms with E-state index in [1.165, 1.54) is 24.3 Å². The van der Waals surface area contributed by atoms with Crippen LogP contribution in [0.3, 0.4) is 0 Å². The molecular formula is C36H38F2N4O3. The van der Waals surface area contributed by atoms with Gasteiger partial charge < -0.3 is 25.2 Å². The SMILES string of the molecule is C#Cc1c(F)ccc2cc(O)cc(-c3ccc4c(N5CCCC(C)(O)C5)nc(OCC5(CC6CCNCC6)CC5)nc4c3F)c12. The number of hydrogen-bond donors (Lipinski definition) is 3. The summed E-state index contributed by atoms with van der Waals surface area (Å²) in [6.07, 6.45) is 12.7. The summed E-state index contributed by atoms with van der Waals surface area (Å²) in [6, 6.07) is 9.04. The molecule has 0 bridgehead atoms. The molecule has 45 heavy (non-hydrogen) atoms. The van der Waals surface area contributed by atoms with E-state index in [0.29, 0.717) is 54.0 Å². The highest BCUT2D eigenvalue weighted by atomic mass is 19.1. The summed E-state index contributed by atoms with van der Waals surface area (Å²) >= 11 is 0. The van der Waals surface area contributed by atoms with Crippen LogP contribution >= 0.6 is 0 Å². The van der Waals surface area contributed by atoms with E-state index >= 15 is 4.39 Å². The number of nitrogens with zero attached hydrogens (tertiary/aromatic N) is 3. The van der Waals surface area contributed by atoms with Gasteiger partial charge in [-0.3, -0.25) is 0 Å². The van der Waals surface area contributed by atoms with Gasteiger partial charge in [0, 0.05) is 34.8 Å². The Morgan fingerprint density at radius 2 is 1.89 bits per heavy atom. The Labute approximate surface area is 261 Å². The average Bonchev–Trinajstić information content (AvgIpc) is 3.79. The molecule has 9 heteroatoms. The third kappa shape index (κ3) is 5.78. The summed E-state index contributed by atoms with van der Waals surface area (Å²) in [5, 5.41) is 26.2. The van der Waals surface area contributed by atoms with Crippen molar-refractivity contribution >= 4 is 27.5 Å². The Kier molecular flexibility index (Phi) is 7.53. The molecule has 3 aliphatic rings. The third-order valence-electron chi connectivity index (χ3n) is 9.87. The van der Waals surface area contributed by atoms with Gasteiger partial charge in [0.2, 0.25) is 0 Å². The number of hydrogen-bond acceptors (Lipinski definition) is 7. The van der Waals surface area contributed by atoms with Gasteiger partial charge in [-0.2, -0.15) is 9.97 Å². The van der Waals surface area contributed by atoms with Crippen LogP contribution in [0.2, 0.25) is 0 Å². The van der Waals surface area contributed by atoms with Gasteiger partial charge >= 0.3 is 6.01 Å². The fourth-order valence-electron chi connectivity index (χ4n) is 7.32. The highest BCUT2D eigenvalue weighted by Crippen LogP contribution is 2.52. The summed E-state index contributed by atoms with van der Waals surface area (Å²) in [6.45, 7) is 5.33. The topological polar surface area (TPSA) is 90.7 Å². The van der Waals surface area contributed by atoms with Crippen molar-refractivity contribution in [1.82, 2.24) is 15.3 Å². The van der Waals surface area contributed by atoms with E-state index in [1.807, 2.05) is 4.90 Å². The zero-order chi connectivity index (χ0) is 31.3. The molecule has 2 saturated heterocycles. The second kappa shape index (κ2) is 11.4. The number of aromatic nitrogens is 2. The van der Waals surface area contributed by atoms with E-state index in [9.17, 15) is 14.6 Å². The van der Waals surface area contributed by atoms with Crippen molar-refractivity contribution in [3.63, 3.8) is 0 Å². The van der Waals surface area contributed by atoms with Crippen LogP contribution in [0.25, 0.3) is 32.8 Å². The number of halogens is 2. The number of terminal acetylenes is 1. The van der Waals surface area contributed by atoms with Crippen LogP contribution in [0.5, 0.6) is 11.8 Å². The van der Waals surface area contributed by atoms with E-state index in [2.05, 4.69) is 16.2 Å². The van der Waals surface area contributed by atoms with Crippen molar-refractivity contribution in [1.29, 1.82) is 0 Å². The molecule has 1 saturated carbocycles. The molecule has 0 radical (unpaired) electrons. The van der Waals surface area contributed by atoms with Crippen LogP contribution in [-0.2, 0) is 0 Å². The number of phenolic OH excluding ortho intramolecular Hbond substituents is 1. The predicted molar refractivity (Wildman–Crippen MR) is 171 cm³/mol. The number of ether oxygens (including phenoxy) is 1. The van der Waals surface area contributed by atoms with Gasteiger partial charge in [0.05, 0.1) is 17.8 Å². The molecule has 1 aromatic heterocycles. The highest BCUT2D eigenvalue weighted by molar-refractivity contribution is 6.04. The number of benzene rings is 3. The number of aliphatic hydroxyl groups is 1. The molecule has 1 atom stereocenters. The molecule has 0 amide bonds. The first-order valence-electron chi connectivity index (χ1n) is 15.9. The monoisotopic (exact) mass is 612 g/mol. The molecule has 0 spiro atoms. The van der Waals surface area contributed by atoms with Crippen LogP contribution in [-0.4, -0.2) is 58.6 Å². The molecule has 3 fully saturated rings. The maximum absolute atomic E-state index is 16.8. The lowest BCUT2D eigenvalue weighted by atomic mass is 9.86. The lowest BCUT2D eigenvalue weighted by molar-refractivity contribution is 0.0447. The van der Waals surface area contributed by atoms with Crippen LogP contribution in [0, 0.1) is 35.3 Å². The first-order chi connectivity index (χ1) is 21.7. The van der Waals surface area contributed by atoms with Crippen molar-refractivity contribution in [3.8, 4) is 35.2 Å². The van der Waals surface area contributed by atoms with Gasteiger partial charge in [-0.15, -0.1) is 6.42 Å². The van der Waals surface area contributed by atoms with Crippen LogP contribution in [0.4, 0.5) is 14.6 Å². The fourth-order valence-corrected chi connectivity index (χ4v) is 7.32. The second-order valence-electron chi connectivity index (χ2n) is 13.5. The van der Waals surface area contributed by atoms with Gasteiger partial charge in [0.15, 0.2) is 5.82 Å². The Bertz CT molecular complexity index is 1830. The largest absolute Gasteiger partial charge is 0.508 e. The second-order valence-corrected chi connectivity index (χ2v) is 13.5. The summed E-state index contributed by atoms with van der Waals surface area (Å²) in [5.41, 5.74) is -0.399. The van der Waals surface area contributed by atoms with Gasteiger partial charge in [0.25, 0.3) is 0 Å². The minimum Gasteiger partial charge on any atom is -0.508 e. The first-order valence-corrected chi connectivity index (χ1v) is 15.9. The molecule has 2 aliphatic heterocycles. The van der Waals surface area contributed by atoms with E-state index in [0.717, 1.165) is 51.6 Å². The van der Waals surface area contributed by atoms with Crippen molar-refractivity contribution in [3.05, 3.63) is 53.6 Å². The number of rotatable bonds is 7. The number of phenols is 1. The molecule has 4 aromatic rings. The van der Waals surface area contributed by atoms with Crippen molar-refractivity contribution in [2.45, 2.75) is 57.5 Å². The van der Waals surface area contributed by atoms with Crippen LogP contribution in [0.1, 0.15) is 57.4 Å². The molecule has 3 aromatic carbocycles. The summed E-state index contributed by atoms with van der Waals surface area (Å²) < 4.78 is 37.9. The van der Waals surface area contributed by atoms with E-state index in [4.69, 9.17) is 16.1 Å². The van der Waals surface area contributed by atoms with Crippen LogP contribution in [0.15, 0.2) is 36.4 Å². The van der Waals surface area contributed by atoms with Gasteiger partial charge in [-0.25, -0.2) is 8.78 Å². The van der Waals surface area contributed by atoms with Crippen molar-refractivity contribution in [2.75, 3.05) is 37.7 Å². The van der Waals surface area contributed by atoms with Gasteiger partial charge in [0.1, 0.15) is 22.9 Å². The molecule has 3 N–H and O–H groups in total. The number of β-amino-alcohol motifs (C(OH)–C–C–N with tert-alkyl or cyclic N) is 1.